The van der Waals surface area contributed by atoms with Crippen LogP contribution >= 0.6 is 11.3 Å². The van der Waals surface area contributed by atoms with Crippen LogP contribution in [-0.2, 0) is 10.2 Å². The number of aromatic nitrogens is 1. The summed E-state index contributed by atoms with van der Waals surface area (Å²) in [5.41, 5.74) is 0.768. The predicted octanol–water partition coefficient (Wildman–Crippen LogP) is 2.34. The Morgan fingerprint density at radius 1 is 1.47 bits per heavy atom. The normalized spacial score (nSPS) is 11.6. The Labute approximate surface area is 107 Å². The molecule has 0 saturated heterocycles. The van der Waals surface area contributed by atoms with E-state index in [2.05, 4.69) is 25.8 Å². The lowest BCUT2D eigenvalue weighted by Crippen LogP contribution is -2.22. The minimum atomic E-state index is -0.104. The van der Waals surface area contributed by atoms with Crippen molar-refractivity contribution in [1.82, 2.24) is 4.98 Å². The quantitative estimate of drug-likeness (QED) is 0.758. The molecule has 0 radical (unpaired) electrons. The Kier molecular flexibility index (Phi) is 4.65. The molecule has 0 bridgehead atoms. The molecule has 0 fully saturated rings. The molecule has 0 N–H and O–H groups in total. The number of hydrogen-bond donors (Lipinski definition) is 0. The highest BCUT2D eigenvalue weighted by molar-refractivity contribution is 7.17. The number of anilines is 1. The molecule has 0 amide bonds. The van der Waals surface area contributed by atoms with Crippen LogP contribution in [0, 0.1) is 0 Å². The SMILES string of the molecule is COCCN(C)c1nc(C(C)(C)C)c(C=O)s1. The van der Waals surface area contributed by atoms with Crippen LogP contribution in [0.25, 0.3) is 0 Å². The third-order valence-electron chi connectivity index (χ3n) is 2.42. The molecule has 0 aromatic carbocycles. The van der Waals surface area contributed by atoms with Gasteiger partial charge >= 0.3 is 0 Å². The summed E-state index contributed by atoms with van der Waals surface area (Å²) in [6.45, 7) is 7.61. The van der Waals surface area contributed by atoms with Crippen molar-refractivity contribution < 1.29 is 9.53 Å². The maximum Gasteiger partial charge on any atom is 0.186 e. The molecular weight excluding hydrogens is 236 g/mol. The van der Waals surface area contributed by atoms with Crippen LogP contribution in [0.5, 0.6) is 0 Å². The number of aldehydes is 1. The second-order valence-corrected chi connectivity index (χ2v) is 6.00. The van der Waals surface area contributed by atoms with Gasteiger partial charge in [0.05, 0.1) is 17.2 Å². The first-order valence-electron chi connectivity index (χ1n) is 5.56. The van der Waals surface area contributed by atoms with E-state index in [0.29, 0.717) is 6.61 Å². The van der Waals surface area contributed by atoms with Gasteiger partial charge in [0.1, 0.15) is 0 Å². The highest BCUT2D eigenvalue weighted by atomic mass is 32.1. The van der Waals surface area contributed by atoms with Crippen molar-refractivity contribution in [3.05, 3.63) is 10.6 Å². The number of carbonyl (C=O) groups excluding carboxylic acids is 1. The molecule has 96 valence electrons. The topological polar surface area (TPSA) is 42.4 Å². The van der Waals surface area contributed by atoms with E-state index in [1.807, 2.05) is 11.9 Å². The van der Waals surface area contributed by atoms with Gasteiger partial charge in [-0.15, -0.1) is 0 Å². The summed E-state index contributed by atoms with van der Waals surface area (Å²) >= 11 is 1.44. The molecule has 1 rings (SSSR count). The van der Waals surface area contributed by atoms with E-state index in [1.54, 1.807) is 7.11 Å². The van der Waals surface area contributed by atoms with Crippen molar-refractivity contribution in [3.63, 3.8) is 0 Å². The van der Waals surface area contributed by atoms with Gasteiger partial charge in [-0.2, -0.15) is 0 Å². The molecule has 0 spiro atoms. The van der Waals surface area contributed by atoms with Crippen molar-refractivity contribution in [2.24, 2.45) is 0 Å². The molecular formula is C12H20N2O2S. The van der Waals surface area contributed by atoms with Gasteiger partial charge in [0, 0.05) is 26.1 Å². The van der Waals surface area contributed by atoms with E-state index >= 15 is 0 Å². The van der Waals surface area contributed by atoms with E-state index in [0.717, 1.165) is 28.5 Å². The maximum atomic E-state index is 11.1. The molecule has 0 unspecified atom stereocenters. The Balaban J connectivity index is 2.96. The van der Waals surface area contributed by atoms with Crippen molar-refractivity contribution in [2.75, 3.05) is 32.2 Å². The van der Waals surface area contributed by atoms with E-state index < -0.39 is 0 Å². The average molecular weight is 256 g/mol. The molecule has 1 heterocycles. The van der Waals surface area contributed by atoms with Gasteiger partial charge in [-0.05, 0) is 0 Å². The number of rotatable bonds is 5. The fraction of sp³-hybridized carbons (Fsp3) is 0.667. The first-order chi connectivity index (χ1) is 7.90. The Bertz CT molecular complexity index is 382. The number of nitrogens with zero attached hydrogens (tertiary/aromatic N) is 2. The minimum absolute atomic E-state index is 0.104. The van der Waals surface area contributed by atoms with E-state index in [1.165, 1.54) is 11.3 Å². The highest BCUT2D eigenvalue weighted by Gasteiger charge is 2.23. The number of carbonyl (C=O) groups is 1. The number of ether oxygens (including phenoxy) is 1. The first kappa shape index (κ1) is 14.1. The van der Waals surface area contributed by atoms with Gasteiger partial charge in [-0.3, -0.25) is 4.79 Å². The van der Waals surface area contributed by atoms with Crippen LogP contribution in [0.4, 0.5) is 5.13 Å². The lowest BCUT2D eigenvalue weighted by Gasteiger charge is -2.17. The number of methoxy groups -OCH3 is 1. The Morgan fingerprint density at radius 2 is 2.12 bits per heavy atom. The van der Waals surface area contributed by atoms with Crippen LogP contribution in [0.15, 0.2) is 0 Å². The van der Waals surface area contributed by atoms with Crippen LogP contribution in [-0.4, -0.2) is 38.6 Å². The fourth-order valence-electron chi connectivity index (χ4n) is 1.42. The van der Waals surface area contributed by atoms with Crippen LogP contribution < -0.4 is 4.90 Å². The second-order valence-electron chi connectivity index (χ2n) is 4.99. The largest absolute Gasteiger partial charge is 0.383 e. The summed E-state index contributed by atoms with van der Waals surface area (Å²) < 4.78 is 5.03. The van der Waals surface area contributed by atoms with Crippen molar-refractivity contribution in [2.45, 2.75) is 26.2 Å². The summed E-state index contributed by atoms with van der Waals surface area (Å²) in [5, 5.41) is 0.870. The minimum Gasteiger partial charge on any atom is -0.383 e. The van der Waals surface area contributed by atoms with E-state index in [-0.39, 0.29) is 5.41 Å². The summed E-state index contributed by atoms with van der Waals surface area (Å²) in [5.74, 6) is 0. The van der Waals surface area contributed by atoms with Crippen molar-refractivity contribution in [3.8, 4) is 0 Å². The van der Waals surface area contributed by atoms with Gasteiger partial charge in [-0.1, -0.05) is 32.1 Å². The zero-order chi connectivity index (χ0) is 13.1. The lowest BCUT2D eigenvalue weighted by atomic mass is 9.91. The maximum absolute atomic E-state index is 11.1. The monoisotopic (exact) mass is 256 g/mol. The molecule has 17 heavy (non-hydrogen) atoms. The van der Waals surface area contributed by atoms with Gasteiger partial charge < -0.3 is 9.64 Å². The third kappa shape index (κ3) is 3.51. The second kappa shape index (κ2) is 5.60. The van der Waals surface area contributed by atoms with Gasteiger partial charge in [0.15, 0.2) is 11.4 Å². The molecule has 0 saturated carbocycles. The molecule has 0 aliphatic carbocycles. The van der Waals surface area contributed by atoms with Crippen LogP contribution in [0.3, 0.4) is 0 Å². The zero-order valence-corrected chi connectivity index (χ0v) is 11.9. The van der Waals surface area contributed by atoms with E-state index in [9.17, 15) is 4.79 Å². The van der Waals surface area contributed by atoms with Gasteiger partial charge in [0.2, 0.25) is 0 Å². The molecule has 1 aromatic rings. The average Bonchev–Trinajstić information content (AvgIpc) is 2.69. The lowest BCUT2D eigenvalue weighted by molar-refractivity contribution is 0.112. The Morgan fingerprint density at radius 3 is 2.53 bits per heavy atom. The third-order valence-corrected chi connectivity index (χ3v) is 3.51. The smallest absolute Gasteiger partial charge is 0.186 e. The summed E-state index contributed by atoms with van der Waals surface area (Å²) in [6.07, 6.45) is 0.895. The van der Waals surface area contributed by atoms with Crippen LogP contribution in [0.2, 0.25) is 0 Å². The molecule has 5 heteroatoms. The van der Waals surface area contributed by atoms with Gasteiger partial charge in [-0.25, -0.2) is 4.98 Å². The highest BCUT2D eigenvalue weighted by Crippen LogP contribution is 2.32. The molecule has 1 aromatic heterocycles. The number of thiazole rings is 1. The number of likely N-dealkylation sites (N-methyl/N-ethyl adjacent to an activating group) is 1. The first-order valence-corrected chi connectivity index (χ1v) is 6.38. The molecule has 0 aliphatic heterocycles. The summed E-state index contributed by atoms with van der Waals surface area (Å²) in [4.78, 5) is 18.3. The van der Waals surface area contributed by atoms with E-state index in [4.69, 9.17) is 4.74 Å². The fourth-order valence-corrected chi connectivity index (χ4v) is 2.50. The molecule has 4 nitrogen and oxygen atoms in total. The zero-order valence-electron chi connectivity index (χ0n) is 11.1. The van der Waals surface area contributed by atoms with Gasteiger partial charge in [0.25, 0.3) is 0 Å². The Hall–Kier alpha value is -0.940. The molecule has 0 aliphatic rings. The predicted molar refractivity (Wildman–Crippen MR) is 71.3 cm³/mol. The van der Waals surface area contributed by atoms with Crippen LogP contribution in [0.1, 0.15) is 36.1 Å². The summed E-state index contributed by atoms with van der Waals surface area (Å²) in [7, 11) is 3.63. The van der Waals surface area contributed by atoms with Crippen molar-refractivity contribution in [1.29, 1.82) is 0 Å². The van der Waals surface area contributed by atoms with Crippen molar-refractivity contribution >= 4 is 22.8 Å². The summed E-state index contributed by atoms with van der Waals surface area (Å²) in [6, 6.07) is 0. The molecule has 0 atom stereocenters. The standard InChI is InChI=1S/C12H20N2O2S/c1-12(2,3)10-9(8-15)17-11(13-10)14(4)6-7-16-5/h8H,6-7H2,1-5H3. The number of hydrogen-bond acceptors (Lipinski definition) is 5.